The fourth-order valence-corrected chi connectivity index (χ4v) is 0.779. The van der Waals surface area contributed by atoms with Gasteiger partial charge in [-0.1, -0.05) is 0 Å². The Morgan fingerprint density at radius 3 is 3.08 bits per heavy atom. The van der Waals surface area contributed by atoms with Gasteiger partial charge in [0.05, 0.1) is 0 Å². The fourth-order valence-electron chi connectivity index (χ4n) is 0.779. The molecular formula is C9H6N2O2. The van der Waals surface area contributed by atoms with Crippen molar-refractivity contribution in [2.24, 2.45) is 0 Å². The topological polar surface area (TPSA) is 74.0 Å². The molecule has 0 atom stereocenters. The van der Waals surface area contributed by atoms with Crippen molar-refractivity contribution < 1.29 is 9.90 Å². The number of pyridine rings is 1. The van der Waals surface area contributed by atoms with Crippen LogP contribution >= 0.6 is 0 Å². The third kappa shape index (κ3) is 2.75. The summed E-state index contributed by atoms with van der Waals surface area (Å²) in [5.74, 6) is -1.02. The number of hydrogen-bond acceptors (Lipinski definition) is 3. The molecule has 1 aromatic heterocycles. The molecule has 1 aromatic rings. The largest absolute Gasteiger partial charge is 0.478 e. The van der Waals surface area contributed by atoms with E-state index in [0.29, 0.717) is 5.56 Å². The monoisotopic (exact) mass is 174 g/mol. The van der Waals surface area contributed by atoms with Gasteiger partial charge in [-0.05, 0) is 23.8 Å². The lowest BCUT2D eigenvalue weighted by molar-refractivity contribution is -0.131. The highest BCUT2D eigenvalue weighted by Gasteiger charge is 1.92. The van der Waals surface area contributed by atoms with Crippen molar-refractivity contribution in [1.29, 1.82) is 5.26 Å². The molecule has 0 aliphatic heterocycles. The van der Waals surface area contributed by atoms with E-state index in [1.54, 1.807) is 6.07 Å². The third-order valence-electron chi connectivity index (χ3n) is 1.32. The molecule has 0 amide bonds. The van der Waals surface area contributed by atoms with E-state index in [1.165, 1.54) is 18.3 Å². The predicted octanol–water partition coefficient (Wildman–Crippen LogP) is 1.05. The molecule has 64 valence electrons. The molecule has 4 nitrogen and oxygen atoms in total. The van der Waals surface area contributed by atoms with Gasteiger partial charge >= 0.3 is 5.97 Å². The summed E-state index contributed by atoms with van der Waals surface area (Å²) in [5, 5.41) is 16.8. The zero-order chi connectivity index (χ0) is 9.68. The number of carboxylic acid groups (broad SMARTS) is 1. The van der Waals surface area contributed by atoms with Crippen LogP contribution < -0.4 is 0 Å². The number of aromatic nitrogens is 1. The Bertz CT molecular complexity index is 391. The standard InChI is InChI=1S/C9H6N2O2/c10-6-8-5-7(3-4-11-8)1-2-9(12)13/h1-5H,(H,12,13). The number of rotatable bonds is 2. The van der Waals surface area contributed by atoms with Gasteiger partial charge in [0.25, 0.3) is 0 Å². The normalized spacial score (nSPS) is 9.77. The number of nitrogens with zero attached hydrogens (tertiary/aromatic N) is 2. The van der Waals surface area contributed by atoms with Crippen LogP contribution in [0.25, 0.3) is 6.08 Å². The van der Waals surface area contributed by atoms with Crippen molar-refractivity contribution in [3.63, 3.8) is 0 Å². The van der Waals surface area contributed by atoms with Crippen LogP contribution in [0.3, 0.4) is 0 Å². The first-order valence-electron chi connectivity index (χ1n) is 3.49. The second kappa shape index (κ2) is 4.02. The van der Waals surface area contributed by atoms with Gasteiger partial charge in [-0.15, -0.1) is 0 Å². The zero-order valence-electron chi connectivity index (χ0n) is 6.64. The lowest BCUT2D eigenvalue weighted by atomic mass is 10.2. The van der Waals surface area contributed by atoms with Crippen LogP contribution in [0.15, 0.2) is 24.4 Å². The average Bonchev–Trinajstić information content (AvgIpc) is 2.15. The first kappa shape index (κ1) is 8.94. The molecule has 0 aromatic carbocycles. The second-order valence-electron chi connectivity index (χ2n) is 2.26. The quantitative estimate of drug-likeness (QED) is 0.680. The molecule has 13 heavy (non-hydrogen) atoms. The maximum atomic E-state index is 10.2. The minimum absolute atomic E-state index is 0.271. The van der Waals surface area contributed by atoms with Crippen LogP contribution in [-0.2, 0) is 4.79 Å². The van der Waals surface area contributed by atoms with E-state index in [2.05, 4.69) is 4.98 Å². The van der Waals surface area contributed by atoms with Gasteiger partial charge < -0.3 is 5.11 Å². The number of carbonyl (C=O) groups is 1. The maximum absolute atomic E-state index is 10.2. The van der Waals surface area contributed by atoms with E-state index in [1.807, 2.05) is 6.07 Å². The maximum Gasteiger partial charge on any atom is 0.328 e. The highest BCUT2D eigenvalue weighted by atomic mass is 16.4. The lowest BCUT2D eigenvalue weighted by Gasteiger charge is -1.91. The summed E-state index contributed by atoms with van der Waals surface area (Å²) in [4.78, 5) is 13.9. The molecule has 0 spiro atoms. The van der Waals surface area contributed by atoms with Crippen molar-refractivity contribution in [3.05, 3.63) is 35.7 Å². The van der Waals surface area contributed by atoms with Crippen LogP contribution in [0.1, 0.15) is 11.3 Å². The summed E-state index contributed by atoms with van der Waals surface area (Å²) in [5.41, 5.74) is 0.918. The van der Waals surface area contributed by atoms with Crippen molar-refractivity contribution in [3.8, 4) is 6.07 Å². The number of hydrogen-bond donors (Lipinski definition) is 1. The molecule has 1 N–H and O–H groups in total. The van der Waals surface area contributed by atoms with Crippen molar-refractivity contribution in [1.82, 2.24) is 4.98 Å². The van der Waals surface area contributed by atoms with E-state index in [-0.39, 0.29) is 5.69 Å². The summed E-state index contributed by atoms with van der Waals surface area (Å²) in [6, 6.07) is 5.00. The molecule has 0 saturated heterocycles. The number of nitriles is 1. The SMILES string of the molecule is N#Cc1cc(C=CC(=O)O)ccn1. The molecule has 1 rings (SSSR count). The Morgan fingerprint density at radius 2 is 2.46 bits per heavy atom. The molecule has 0 aliphatic carbocycles. The Morgan fingerprint density at radius 1 is 1.69 bits per heavy atom. The first-order valence-corrected chi connectivity index (χ1v) is 3.49. The second-order valence-corrected chi connectivity index (χ2v) is 2.26. The zero-order valence-corrected chi connectivity index (χ0v) is 6.64. The molecule has 4 heteroatoms. The third-order valence-corrected chi connectivity index (χ3v) is 1.32. The van der Waals surface area contributed by atoms with Crippen LogP contribution in [0.5, 0.6) is 0 Å². The van der Waals surface area contributed by atoms with Gasteiger partial charge in [0.2, 0.25) is 0 Å². The van der Waals surface area contributed by atoms with Crippen LogP contribution in [0.2, 0.25) is 0 Å². The Hall–Kier alpha value is -2.15. The summed E-state index contributed by atoms with van der Waals surface area (Å²) in [6.45, 7) is 0. The molecule has 0 radical (unpaired) electrons. The summed E-state index contributed by atoms with van der Waals surface area (Å²) < 4.78 is 0. The number of carboxylic acids is 1. The van der Waals surface area contributed by atoms with Gasteiger partial charge in [0.1, 0.15) is 11.8 Å². The minimum atomic E-state index is -1.02. The van der Waals surface area contributed by atoms with E-state index < -0.39 is 5.97 Å². The predicted molar refractivity (Wildman–Crippen MR) is 45.6 cm³/mol. The molecular weight excluding hydrogens is 168 g/mol. The van der Waals surface area contributed by atoms with Crippen LogP contribution in [0, 0.1) is 11.3 Å². The van der Waals surface area contributed by atoms with Gasteiger partial charge in [0, 0.05) is 12.3 Å². The molecule has 1 heterocycles. The number of aliphatic carboxylic acids is 1. The van der Waals surface area contributed by atoms with E-state index in [4.69, 9.17) is 10.4 Å². The smallest absolute Gasteiger partial charge is 0.328 e. The van der Waals surface area contributed by atoms with Crippen LogP contribution in [-0.4, -0.2) is 16.1 Å². The molecule has 0 bridgehead atoms. The van der Waals surface area contributed by atoms with Gasteiger partial charge in [0.15, 0.2) is 0 Å². The summed E-state index contributed by atoms with van der Waals surface area (Å²) in [6.07, 6.45) is 3.88. The van der Waals surface area contributed by atoms with Gasteiger partial charge in [-0.3, -0.25) is 0 Å². The lowest BCUT2D eigenvalue weighted by Crippen LogP contribution is -1.87. The van der Waals surface area contributed by atoms with Crippen molar-refractivity contribution in [2.75, 3.05) is 0 Å². The van der Waals surface area contributed by atoms with Crippen LogP contribution in [0.4, 0.5) is 0 Å². The van der Waals surface area contributed by atoms with Crippen molar-refractivity contribution in [2.45, 2.75) is 0 Å². The highest BCUT2D eigenvalue weighted by Crippen LogP contribution is 2.02. The minimum Gasteiger partial charge on any atom is -0.478 e. The summed E-state index contributed by atoms with van der Waals surface area (Å²) >= 11 is 0. The van der Waals surface area contributed by atoms with Gasteiger partial charge in [-0.2, -0.15) is 5.26 Å². The van der Waals surface area contributed by atoms with E-state index in [0.717, 1.165) is 6.08 Å². The highest BCUT2D eigenvalue weighted by molar-refractivity contribution is 5.85. The first-order chi connectivity index (χ1) is 6.22. The van der Waals surface area contributed by atoms with E-state index in [9.17, 15) is 4.79 Å². The fraction of sp³-hybridized carbons (Fsp3) is 0. The Labute approximate surface area is 74.8 Å². The molecule has 0 unspecified atom stereocenters. The van der Waals surface area contributed by atoms with Crippen molar-refractivity contribution >= 4 is 12.0 Å². The summed E-state index contributed by atoms with van der Waals surface area (Å²) in [7, 11) is 0. The average molecular weight is 174 g/mol. The Kier molecular flexibility index (Phi) is 2.77. The Balaban J connectivity index is 2.91. The van der Waals surface area contributed by atoms with E-state index >= 15 is 0 Å². The molecule has 0 aliphatic rings. The van der Waals surface area contributed by atoms with Gasteiger partial charge in [-0.25, -0.2) is 9.78 Å². The molecule has 0 saturated carbocycles. The molecule has 0 fully saturated rings.